The smallest absolute Gasteiger partial charge is 0.188 e. The number of hydrogen-bond acceptors (Lipinski definition) is 2. The van der Waals surface area contributed by atoms with Crippen molar-refractivity contribution in [1.82, 2.24) is 5.32 Å². The molecule has 1 aromatic rings. The number of benzene rings is 1. The molecule has 0 aromatic heterocycles. The number of nitrogens with two attached hydrogens (primary N) is 1. The Labute approximate surface area is 107 Å². The third-order valence-corrected chi connectivity index (χ3v) is 2.32. The third kappa shape index (κ3) is 6.08. The van der Waals surface area contributed by atoms with Crippen molar-refractivity contribution < 1.29 is 4.39 Å². The van der Waals surface area contributed by atoms with E-state index in [1.54, 1.807) is 6.07 Å². The van der Waals surface area contributed by atoms with Crippen LogP contribution in [-0.2, 0) is 0 Å². The summed E-state index contributed by atoms with van der Waals surface area (Å²) in [5, 5.41) is 6.17. The molecule has 1 rings (SSSR count). The van der Waals surface area contributed by atoms with Gasteiger partial charge in [0.2, 0.25) is 0 Å². The van der Waals surface area contributed by atoms with Crippen LogP contribution in [-0.4, -0.2) is 25.6 Å². The van der Waals surface area contributed by atoms with E-state index in [0.717, 1.165) is 38.2 Å². The van der Waals surface area contributed by atoms with Crippen molar-refractivity contribution in [2.24, 2.45) is 10.7 Å². The molecule has 0 aliphatic rings. The van der Waals surface area contributed by atoms with Gasteiger partial charge in [-0.25, -0.2) is 4.39 Å². The molecule has 0 bridgehead atoms. The monoisotopic (exact) mass is 252 g/mol. The van der Waals surface area contributed by atoms with Crippen LogP contribution < -0.4 is 16.4 Å². The lowest BCUT2D eigenvalue weighted by atomic mass is 10.3. The minimum absolute atomic E-state index is 0.228. The number of halogens is 1. The van der Waals surface area contributed by atoms with E-state index in [2.05, 4.69) is 22.5 Å². The Bertz CT molecular complexity index is 379. The maximum Gasteiger partial charge on any atom is 0.188 e. The number of nitrogens with zero attached hydrogens (tertiary/aromatic N) is 1. The molecular formula is C13H21FN4. The molecule has 0 aliphatic carbocycles. The zero-order valence-electron chi connectivity index (χ0n) is 10.7. The Hall–Kier alpha value is -1.78. The van der Waals surface area contributed by atoms with E-state index < -0.39 is 0 Å². The van der Waals surface area contributed by atoms with Gasteiger partial charge in [0.15, 0.2) is 5.96 Å². The largest absolute Gasteiger partial charge is 0.385 e. The van der Waals surface area contributed by atoms with E-state index in [9.17, 15) is 4.39 Å². The van der Waals surface area contributed by atoms with Gasteiger partial charge in [-0.15, -0.1) is 0 Å². The van der Waals surface area contributed by atoms with E-state index in [0.29, 0.717) is 5.96 Å². The van der Waals surface area contributed by atoms with Crippen LogP contribution in [0.25, 0.3) is 0 Å². The molecule has 0 saturated carbocycles. The Kier molecular flexibility index (Phi) is 6.61. The van der Waals surface area contributed by atoms with Gasteiger partial charge in [-0.2, -0.15) is 0 Å². The molecule has 1 aromatic carbocycles. The molecule has 5 heteroatoms. The van der Waals surface area contributed by atoms with E-state index in [4.69, 9.17) is 5.73 Å². The molecule has 0 heterocycles. The van der Waals surface area contributed by atoms with Crippen molar-refractivity contribution in [3.8, 4) is 0 Å². The van der Waals surface area contributed by atoms with Crippen molar-refractivity contribution in [2.75, 3.05) is 25.0 Å². The molecule has 0 fully saturated rings. The van der Waals surface area contributed by atoms with Crippen molar-refractivity contribution >= 4 is 11.6 Å². The first-order valence-electron chi connectivity index (χ1n) is 6.25. The number of anilines is 1. The Balaban J connectivity index is 2.12. The number of rotatable bonds is 7. The summed E-state index contributed by atoms with van der Waals surface area (Å²) in [6.45, 7) is 4.32. The summed E-state index contributed by atoms with van der Waals surface area (Å²) in [5.41, 5.74) is 6.44. The van der Waals surface area contributed by atoms with Crippen LogP contribution in [0.1, 0.15) is 19.8 Å². The van der Waals surface area contributed by atoms with Crippen molar-refractivity contribution in [2.45, 2.75) is 19.8 Å². The summed E-state index contributed by atoms with van der Waals surface area (Å²) in [6.07, 6.45) is 1.88. The number of hydrogen-bond donors (Lipinski definition) is 3. The average Bonchev–Trinajstić information content (AvgIpc) is 2.36. The van der Waals surface area contributed by atoms with Gasteiger partial charge in [-0.05, 0) is 31.0 Å². The molecule has 0 atom stereocenters. The maximum atomic E-state index is 12.9. The first-order valence-corrected chi connectivity index (χ1v) is 6.25. The van der Waals surface area contributed by atoms with Crippen LogP contribution in [0.2, 0.25) is 0 Å². The molecule has 0 aliphatic heterocycles. The summed E-state index contributed by atoms with van der Waals surface area (Å²) >= 11 is 0. The van der Waals surface area contributed by atoms with Gasteiger partial charge < -0.3 is 16.4 Å². The first kappa shape index (κ1) is 14.3. The number of guanidine groups is 1. The quantitative estimate of drug-likeness (QED) is 0.395. The first-order chi connectivity index (χ1) is 8.72. The fraction of sp³-hybridized carbons (Fsp3) is 0.462. The van der Waals surface area contributed by atoms with Gasteiger partial charge in [0.05, 0.1) is 0 Å². The maximum absolute atomic E-state index is 12.9. The minimum atomic E-state index is -0.228. The Morgan fingerprint density at radius 3 is 2.94 bits per heavy atom. The third-order valence-electron chi connectivity index (χ3n) is 2.32. The number of aliphatic imine (C=N–C) groups is 1. The lowest BCUT2D eigenvalue weighted by Gasteiger charge is -2.08. The molecule has 0 spiro atoms. The predicted octanol–water partition coefficient (Wildman–Crippen LogP) is 1.94. The molecule has 4 N–H and O–H groups in total. The van der Waals surface area contributed by atoms with Gasteiger partial charge in [0, 0.05) is 25.3 Å². The van der Waals surface area contributed by atoms with Crippen LogP contribution in [0.4, 0.5) is 10.1 Å². The molecule has 0 saturated heterocycles. The number of nitrogens with one attached hydrogen (secondary N) is 2. The molecule has 0 amide bonds. The second-order valence-corrected chi connectivity index (χ2v) is 3.98. The molecule has 18 heavy (non-hydrogen) atoms. The van der Waals surface area contributed by atoms with Crippen LogP contribution >= 0.6 is 0 Å². The topological polar surface area (TPSA) is 62.4 Å². The zero-order chi connectivity index (χ0) is 13.2. The standard InChI is InChI=1S/C13H21FN4/c1-2-7-17-13(15)18-9-4-8-16-12-6-3-5-11(14)10-12/h3,5-6,10,16H,2,4,7-9H2,1H3,(H3,15,17,18). The van der Waals surface area contributed by atoms with E-state index in [-0.39, 0.29) is 5.82 Å². The summed E-state index contributed by atoms with van der Waals surface area (Å²) in [5.74, 6) is 0.261. The molecule has 0 unspecified atom stereocenters. The Morgan fingerprint density at radius 2 is 2.22 bits per heavy atom. The van der Waals surface area contributed by atoms with Crippen molar-refractivity contribution in [1.29, 1.82) is 0 Å². The van der Waals surface area contributed by atoms with Gasteiger partial charge in [0.25, 0.3) is 0 Å². The van der Waals surface area contributed by atoms with Gasteiger partial charge in [-0.3, -0.25) is 4.99 Å². The van der Waals surface area contributed by atoms with Crippen LogP contribution in [0.5, 0.6) is 0 Å². The minimum Gasteiger partial charge on any atom is -0.385 e. The molecule has 100 valence electrons. The predicted molar refractivity (Wildman–Crippen MR) is 74.3 cm³/mol. The van der Waals surface area contributed by atoms with Crippen molar-refractivity contribution in [3.63, 3.8) is 0 Å². The summed E-state index contributed by atoms with van der Waals surface area (Å²) in [6, 6.07) is 6.43. The summed E-state index contributed by atoms with van der Waals surface area (Å²) < 4.78 is 12.9. The van der Waals surface area contributed by atoms with Crippen molar-refractivity contribution in [3.05, 3.63) is 30.1 Å². The van der Waals surface area contributed by atoms with Gasteiger partial charge in [0.1, 0.15) is 5.82 Å². The van der Waals surface area contributed by atoms with Crippen LogP contribution in [0.3, 0.4) is 0 Å². The highest BCUT2D eigenvalue weighted by Crippen LogP contribution is 2.08. The average molecular weight is 252 g/mol. The normalized spacial score (nSPS) is 11.3. The lowest BCUT2D eigenvalue weighted by molar-refractivity contribution is 0.628. The fourth-order valence-corrected chi connectivity index (χ4v) is 1.42. The highest BCUT2D eigenvalue weighted by molar-refractivity contribution is 5.77. The zero-order valence-corrected chi connectivity index (χ0v) is 10.7. The molecule has 0 radical (unpaired) electrons. The lowest BCUT2D eigenvalue weighted by Crippen LogP contribution is -2.33. The highest BCUT2D eigenvalue weighted by Gasteiger charge is 1.94. The summed E-state index contributed by atoms with van der Waals surface area (Å²) in [7, 11) is 0. The fourth-order valence-electron chi connectivity index (χ4n) is 1.42. The van der Waals surface area contributed by atoms with E-state index in [1.807, 2.05) is 6.07 Å². The van der Waals surface area contributed by atoms with E-state index >= 15 is 0 Å². The van der Waals surface area contributed by atoms with Gasteiger partial charge in [-0.1, -0.05) is 13.0 Å². The SMILES string of the molecule is CCCN=C(N)NCCCNc1cccc(F)c1. The summed E-state index contributed by atoms with van der Waals surface area (Å²) in [4.78, 5) is 4.12. The second kappa shape index (κ2) is 8.33. The van der Waals surface area contributed by atoms with Crippen LogP contribution in [0.15, 0.2) is 29.3 Å². The Morgan fingerprint density at radius 1 is 1.39 bits per heavy atom. The highest BCUT2D eigenvalue weighted by atomic mass is 19.1. The molecule has 4 nitrogen and oxygen atoms in total. The van der Waals surface area contributed by atoms with Gasteiger partial charge >= 0.3 is 0 Å². The van der Waals surface area contributed by atoms with Crippen LogP contribution in [0, 0.1) is 5.82 Å². The molecular weight excluding hydrogens is 231 g/mol. The second-order valence-electron chi connectivity index (χ2n) is 3.98. The van der Waals surface area contributed by atoms with E-state index in [1.165, 1.54) is 12.1 Å².